The monoisotopic (exact) mass is 509 g/mol. The summed E-state index contributed by atoms with van der Waals surface area (Å²) in [4.78, 5) is 31.8. The Labute approximate surface area is 209 Å². The van der Waals surface area contributed by atoms with Gasteiger partial charge >= 0.3 is 6.03 Å². The molecule has 0 spiro atoms. The zero-order chi connectivity index (χ0) is 26.5. The van der Waals surface area contributed by atoms with Gasteiger partial charge in [0.1, 0.15) is 23.7 Å². The molecule has 4 rings (SSSR count). The quantitative estimate of drug-likeness (QED) is 0.379. The molecule has 37 heavy (non-hydrogen) atoms. The van der Waals surface area contributed by atoms with E-state index in [1.807, 2.05) is 6.07 Å². The van der Waals surface area contributed by atoms with Crippen LogP contribution in [0.5, 0.6) is 0 Å². The van der Waals surface area contributed by atoms with Gasteiger partial charge in [0.05, 0.1) is 29.6 Å². The number of hydrogen-bond acceptors (Lipinski definition) is 9. The Bertz CT molecular complexity index is 1420. The molecular formula is C22H21F2N11O2. The van der Waals surface area contributed by atoms with Crippen LogP contribution in [-0.4, -0.2) is 61.2 Å². The minimum Gasteiger partial charge on any atom is -0.368 e. The lowest BCUT2D eigenvalue weighted by Crippen LogP contribution is -2.39. The maximum atomic E-state index is 14.4. The molecule has 1 aromatic carbocycles. The predicted octanol–water partition coefficient (Wildman–Crippen LogP) is 1.23. The average Bonchev–Trinajstić information content (AvgIpc) is 3.49. The molecule has 1 atom stereocenters. The molecule has 0 unspecified atom stereocenters. The van der Waals surface area contributed by atoms with Gasteiger partial charge in [0.2, 0.25) is 11.9 Å². The first-order valence-electron chi connectivity index (χ1n) is 11.0. The standard InChI is InChI=1S/C22H21F2N11O2/c1-12-19(32-33-34(12)11-18(26)36)20-16(24)10-29-21(31-20)27-4-5-28-22(37)35-17(2-3-30-35)14-6-13(9-25)7-15(23)8-14/h3,6-8,10,17H,2,4-5,11H2,1H3,(H2,26,36)(H,28,37)(H,27,29,31)/t17-/m0/s1. The van der Waals surface area contributed by atoms with Crippen LogP contribution in [0.4, 0.5) is 19.5 Å². The number of nitrogens with zero attached hydrogens (tertiary/aromatic N) is 8. The van der Waals surface area contributed by atoms with Crippen molar-refractivity contribution in [1.82, 2.24) is 35.3 Å². The highest BCUT2D eigenvalue weighted by molar-refractivity contribution is 5.78. The summed E-state index contributed by atoms with van der Waals surface area (Å²) in [6.45, 7) is 1.71. The lowest BCUT2D eigenvalue weighted by molar-refractivity contribution is -0.118. The molecule has 0 fully saturated rings. The normalized spacial score (nSPS) is 14.4. The smallest absolute Gasteiger partial charge is 0.338 e. The van der Waals surface area contributed by atoms with E-state index in [1.54, 1.807) is 6.92 Å². The third kappa shape index (κ3) is 5.64. The molecule has 3 heterocycles. The Balaban J connectivity index is 1.36. The summed E-state index contributed by atoms with van der Waals surface area (Å²) in [7, 11) is 0. The third-order valence-corrected chi connectivity index (χ3v) is 5.41. The zero-order valence-electron chi connectivity index (χ0n) is 19.5. The van der Waals surface area contributed by atoms with Gasteiger partial charge in [0.15, 0.2) is 5.82 Å². The van der Waals surface area contributed by atoms with Crippen LogP contribution in [0.25, 0.3) is 11.4 Å². The Morgan fingerprint density at radius 2 is 2.05 bits per heavy atom. The second-order valence-electron chi connectivity index (χ2n) is 7.98. The van der Waals surface area contributed by atoms with Gasteiger partial charge in [0, 0.05) is 25.7 Å². The van der Waals surface area contributed by atoms with E-state index in [9.17, 15) is 18.4 Å². The lowest BCUT2D eigenvalue weighted by Gasteiger charge is -2.22. The molecule has 4 N–H and O–H groups in total. The number of urea groups is 1. The van der Waals surface area contributed by atoms with E-state index in [0.29, 0.717) is 17.7 Å². The van der Waals surface area contributed by atoms with Crippen molar-refractivity contribution in [3.63, 3.8) is 0 Å². The van der Waals surface area contributed by atoms with Gasteiger partial charge in [-0.25, -0.2) is 33.2 Å². The fourth-order valence-electron chi connectivity index (χ4n) is 3.68. The Hall–Kier alpha value is -5.00. The second-order valence-corrected chi connectivity index (χ2v) is 7.98. The Morgan fingerprint density at radius 3 is 2.81 bits per heavy atom. The van der Waals surface area contributed by atoms with Crippen LogP contribution in [0.3, 0.4) is 0 Å². The highest BCUT2D eigenvalue weighted by Crippen LogP contribution is 2.29. The highest BCUT2D eigenvalue weighted by Gasteiger charge is 2.28. The molecule has 0 radical (unpaired) electrons. The summed E-state index contributed by atoms with van der Waals surface area (Å²) < 4.78 is 29.5. The van der Waals surface area contributed by atoms with Crippen molar-refractivity contribution < 1.29 is 18.4 Å². The zero-order valence-corrected chi connectivity index (χ0v) is 19.5. The van der Waals surface area contributed by atoms with E-state index in [2.05, 4.69) is 36.0 Å². The summed E-state index contributed by atoms with van der Waals surface area (Å²) in [6, 6.07) is 4.71. The van der Waals surface area contributed by atoms with Crippen LogP contribution in [-0.2, 0) is 11.3 Å². The number of halogens is 2. The van der Waals surface area contributed by atoms with Gasteiger partial charge in [-0.05, 0) is 30.7 Å². The number of rotatable bonds is 8. The van der Waals surface area contributed by atoms with Crippen molar-refractivity contribution in [2.45, 2.75) is 25.9 Å². The van der Waals surface area contributed by atoms with Crippen molar-refractivity contribution in [3.05, 3.63) is 52.9 Å². The van der Waals surface area contributed by atoms with E-state index in [-0.39, 0.29) is 42.5 Å². The Morgan fingerprint density at radius 1 is 1.24 bits per heavy atom. The molecule has 0 saturated carbocycles. The molecule has 2 aromatic heterocycles. The fraction of sp³-hybridized carbons (Fsp3) is 0.273. The fourth-order valence-corrected chi connectivity index (χ4v) is 3.68. The van der Waals surface area contributed by atoms with Crippen molar-refractivity contribution in [3.8, 4) is 17.5 Å². The number of anilines is 1. The summed E-state index contributed by atoms with van der Waals surface area (Å²) in [5, 5.41) is 27.6. The van der Waals surface area contributed by atoms with E-state index >= 15 is 0 Å². The van der Waals surface area contributed by atoms with Gasteiger partial charge in [-0.1, -0.05) is 5.21 Å². The van der Waals surface area contributed by atoms with Crippen molar-refractivity contribution in [1.29, 1.82) is 5.26 Å². The van der Waals surface area contributed by atoms with E-state index in [1.165, 1.54) is 28.0 Å². The largest absolute Gasteiger partial charge is 0.368 e. The number of aromatic nitrogens is 5. The second kappa shape index (κ2) is 10.7. The molecular weight excluding hydrogens is 488 g/mol. The third-order valence-electron chi connectivity index (χ3n) is 5.41. The van der Waals surface area contributed by atoms with Gasteiger partial charge in [-0.2, -0.15) is 10.4 Å². The lowest BCUT2D eigenvalue weighted by atomic mass is 10.0. The number of benzene rings is 1. The van der Waals surface area contributed by atoms with Crippen LogP contribution < -0.4 is 16.4 Å². The minimum atomic E-state index is -0.733. The van der Waals surface area contributed by atoms with E-state index < -0.39 is 29.6 Å². The number of nitriles is 1. The van der Waals surface area contributed by atoms with Crippen LogP contribution >= 0.6 is 0 Å². The SMILES string of the molecule is Cc1c(-c2nc(NCCNC(=O)N3N=CC[C@H]3c3cc(F)cc(C#N)c3)ncc2F)nnn1CC(N)=O. The van der Waals surface area contributed by atoms with E-state index in [4.69, 9.17) is 11.0 Å². The van der Waals surface area contributed by atoms with Gasteiger partial charge in [0.25, 0.3) is 0 Å². The number of hydrazone groups is 1. The first-order valence-corrected chi connectivity index (χ1v) is 11.0. The molecule has 3 aromatic rings. The number of amides is 3. The molecule has 3 amide bonds. The van der Waals surface area contributed by atoms with Crippen molar-refractivity contribution >= 4 is 24.1 Å². The molecule has 1 aliphatic rings. The summed E-state index contributed by atoms with van der Waals surface area (Å²) in [5.74, 6) is -1.85. The molecule has 15 heteroatoms. The van der Waals surface area contributed by atoms with E-state index in [0.717, 1.165) is 12.3 Å². The molecule has 0 aliphatic carbocycles. The number of nitrogens with one attached hydrogen (secondary N) is 2. The first kappa shape index (κ1) is 25.1. The molecule has 13 nitrogen and oxygen atoms in total. The maximum Gasteiger partial charge on any atom is 0.338 e. The van der Waals surface area contributed by atoms with Crippen LogP contribution in [0.15, 0.2) is 29.5 Å². The van der Waals surface area contributed by atoms with Gasteiger partial charge < -0.3 is 16.4 Å². The first-order chi connectivity index (χ1) is 17.8. The Kier molecular flexibility index (Phi) is 7.28. The van der Waals surface area contributed by atoms with Gasteiger partial charge in [-0.3, -0.25) is 4.79 Å². The molecule has 0 saturated heterocycles. The van der Waals surface area contributed by atoms with Crippen LogP contribution in [0.2, 0.25) is 0 Å². The topological polar surface area (TPSA) is 180 Å². The van der Waals surface area contributed by atoms with Crippen LogP contribution in [0.1, 0.15) is 29.3 Å². The number of nitrogens with two attached hydrogens (primary N) is 1. The molecule has 1 aliphatic heterocycles. The predicted molar refractivity (Wildman–Crippen MR) is 126 cm³/mol. The molecule has 190 valence electrons. The average molecular weight is 509 g/mol. The number of primary amides is 1. The summed E-state index contributed by atoms with van der Waals surface area (Å²) in [5.41, 5.74) is 6.20. The maximum absolute atomic E-state index is 14.4. The number of hydrogen-bond donors (Lipinski definition) is 3. The summed E-state index contributed by atoms with van der Waals surface area (Å²) in [6.07, 6.45) is 2.87. The van der Waals surface area contributed by atoms with Crippen molar-refractivity contribution in [2.24, 2.45) is 10.8 Å². The summed E-state index contributed by atoms with van der Waals surface area (Å²) >= 11 is 0. The van der Waals surface area contributed by atoms with Gasteiger partial charge in [-0.15, -0.1) is 5.10 Å². The van der Waals surface area contributed by atoms with Crippen molar-refractivity contribution in [2.75, 3.05) is 18.4 Å². The number of carbonyl (C=O) groups excluding carboxylic acids is 2. The minimum absolute atomic E-state index is 0.0790. The number of carbonyl (C=O) groups is 2. The van der Waals surface area contributed by atoms with Crippen LogP contribution in [0, 0.1) is 29.9 Å². The molecule has 0 bridgehead atoms. The highest BCUT2D eigenvalue weighted by atomic mass is 19.1.